The third kappa shape index (κ3) is 6.71. The average Bonchev–Trinajstić information content (AvgIpc) is 3.74. The highest BCUT2D eigenvalue weighted by Gasteiger charge is 2.36. The molecule has 2 aromatic heterocycles. The van der Waals surface area contributed by atoms with Crippen LogP contribution in [-0.2, 0) is 22.4 Å². The van der Waals surface area contributed by atoms with Crippen LogP contribution in [0.1, 0.15) is 92.1 Å². The van der Waals surface area contributed by atoms with Gasteiger partial charge in [0.05, 0.1) is 12.2 Å². The fourth-order valence-electron chi connectivity index (χ4n) is 6.51. The Morgan fingerprint density at radius 1 is 0.917 bits per heavy atom. The predicted molar refractivity (Wildman–Crippen MR) is 181 cm³/mol. The van der Waals surface area contributed by atoms with E-state index in [0.29, 0.717) is 30.0 Å². The number of aromatic nitrogens is 6. The molecule has 0 saturated carbocycles. The summed E-state index contributed by atoms with van der Waals surface area (Å²) in [6.07, 6.45) is 5.50. The van der Waals surface area contributed by atoms with Gasteiger partial charge in [0, 0.05) is 29.3 Å². The highest BCUT2D eigenvalue weighted by atomic mass is 16.5. The van der Waals surface area contributed by atoms with Crippen LogP contribution in [0.3, 0.4) is 0 Å². The topological polar surface area (TPSA) is 134 Å². The van der Waals surface area contributed by atoms with Crippen molar-refractivity contribution in [1.29, 1.82) is 0 Å². The Kier molecular flexibility index (Phi) is 9.94. The van der Waals surface area contributed by atoms with Gasteiger partial charge in [-0.15, -0.1) is 10.2 Å². The van der Waals surface area contributed by atoms with Gasteiger partial charge in [-0.05, 0) is 85.7 Å². The Morgan fingerprint density at radius 3 is 2.35 bits per heavy atom. The molecule has 0 saturated heterocycles. The molecule has 0 spiro atoms. The maximum Gasteiger partial charge on any atom is 0.338 e. The van der Waals surface area contributed by atoms with E-state index in [4.69, 9.17) is 9.47 Å². The van der Waals surface area contributed by atoms with Gasteiger partial charge in [0.15, 0.2) is 6.04 Å². The maximum atomic E-state index is 14.3. The molecule has 0 amide bonds. The van der Waals surface area contributed by atoms with Crippen LogP contribution in [0.2, 0.25) is 0 Å². The number of rotatable bonds is 12. The van der Waals surface area contributed by atoms with Crippen molar-refractivity contribution in [3.8, 4) is 28.3 Å². The van der Waals surface area contributed by atoms with Gasteiger partial charge in [0.2, 0.25) is 5.82 Å². The van der Waals surface area contributed by atoms with Crippen LogP contribution >= 0.6 is 0 Å². The second kappa shape index (κ2) is 14.6. The molecule has 48 heavy (non-hydrogen) atoms. The van der Waals surface area contributed by atoms with E-state index in [1.807, 2.05) is 36.4 Å². The minimum Gasteiger partial charge on any atom is -0.462 e. The van der Waals surface area contributed by atoms with Crippen molar-refractivity contribution in [2.45, 2.75) is 77.8 Å². The monoisotopic (exact) mass is 648 g/mol. The molecule has 2 unspecified atom stereocenters. The van der Waals surface area contributed by atoms with Crippen LogP contribution in [0.15, 0.2) is 77.6 Å². The molecular weight excluding hydrogens is 608 g/mol. The van der Waals surface area contributed by atoms with Crippen molar-refractivity contribution in [3.05, 3.63) is 106 Å². The van der Waals surface area contributed by atoms with Crippen LogP contribution in [0.4, 0.5) is 0 Å². The molecule has 1 aliphatic heterocycles. The zero-order valence-electron chi connectivity index (χ0n) is 27.5. The Labute approximate surface area is 278 Å². The van der Waals surface area contributed by atoms with Gasteiger partial charge >= 0.3 is 11.9 Å². The Morgan fingerprint density at radius 2 is 1.67 bits per heavy atom. The van der Waals surface area contributed by atoms with Gasteiger partial charge < -0.3 is 9.47 Å². The summed E-state index contributed by atoms with van der Waals surface area (Å²) in [5.41, 5.74) is 5.79. The van der Waals surface area contributed by atoms with Crippen LogP contribution in [0.5, 0.6) is 5.75 Å². The summed E-state index contributed by atoms with van der Waals surface area (Å²) in [6, 6.07) is 21.7. The minimum absolute atomic E-state index is 0.0556. The first-order valence-electron chi connectivity index (χ1n) is 16.6. The fraction of sp³-hybridized carbons (Fsp3) is 0.351. The normalized spacial score (nSPS) is 15.6. The van der Waals surface area contributed by atoms with Crippen LogP contribution < -0.4 is 10.3 Å². The highest BCUT2D eigenvalue weighted by Crippen LogP contribution is 2.33. The average molecular weight is 649 g/mol. The summed E-state index contributed by atoms with van der Waals surface area (Å²) in [5.74, 6) is -0.104. The van der Waals surface area contributed by atoms with Gasteiger partial charge in [-0.25, -0.2) is 14.3 Å². The highest BCUT2D eigenvalue weighted by molar-refractivity contribution is 5.89. The number of ether oxygens (including phenoxy) is 2. The molecule has 6 rings (SSSR count). The lowest BCUT2D eigenvalue weighted by Crippen LogP contribution is -2.39. The van der Waals surface area contributed by atoms with E-state index in [1.165, 1.54) is 0 Å². The van der Waals surface area contributed by atoms with E-state index in [2.05, 4.69) is 51.3 Å². The summed E-state index contributed by atoms with van der Waals surface area (Å²) in [5, 5.41) is 14.5. The standard InChI is InChI=1S/C37H40N6O5/c1-4-6-7-12-32-31(23-25-14-16-26(17-15-25)29-10-8-9-11-30(29)34-38-40-41-39-34)35(44)43-33(22-13-24(3)42(32)43)37(46)48-28-20-18-27(19-21-28)36(45)47-5-2/h8-11,14-21,24,33H,4-7,12-13,22-23H2,1-3H3,(H,38,39,40,41). The molecule has 0 bridgehead atoms. The summed E-state index contributed by atoms with van der Waals surface area (Å²) >= 11 is 0. The van der Waals surface area contributed by atoms with Gasteiger partial charge in [0.25, 0.3) is 5.56 Å². The van der Waals surface area contributed by atoms with E-state index >= 15 is 0 Å². The summed E-state index contributed by atoms with van der Waals surface area (Å²) in [6.45, 7) is 6.28. The van der Waals surface area contributed by atoms with Crippen molar-refractivity contribution in [1.82, 2.24) is 30.0 Å². The number of tetrazole rings is 1. The third-order valence-corrected chi connectivity index (χ3v) is 8.93. The van der Waals surface area contributed by atoms with Crippen molar-refractivity contribution in [2.24, 2.45) is 0 Å². The number of unbranched alkanes of at least 4 members (excludes halogenated alkanes) is 2. The number of esters is 2. The molecule has 11 nitrogen and oxygen atoms in total. The zero-order valence-corrected chi connectivity index (χ0v) is 27.5. The number of fused-ring (bicyclic) bond motifs is 1. The lowest BCUT2D eigenvalue weighted by atomic mass is 9.96. The number of carbonyl (C=O) groups excluding carboxylic acids is 2. The number of hydrogen-bond acceptors (Lipinski definition) is 8. The van der Waals surface area contributed by atoms with Crippen LogP contribution in [0.25, 0.3) is 22.5 Å². The van der Waals surface area contributed by atoms with E-state index in [-0.39, 0.29) is 18.2 Å². The fourth-order valence-corrected chi connectivity index (χ4v) is 6.51. The molecule has 1 N–H and O–H groups in total. The van der Waals surface area contributed by atoms with E-state index in [9.17, 15) is 14.4 Å². The molecule has 2 atom stereocenters. The quantitative estimate of drug-likeness (QED) is 0.0921. The number of aromatic amines is 1. The number of carbonyl (C=O) groups is 2. The third-order valence-electron chi connectivity index (χ3n) is 8.93. The predicted octanol–water partition coefficient (Wildman–Crippen LogP) is 6.50. The van der Waals surface area contributed by atoms with E-state index < -0.39 is 18.0 Å². The molecule has 0 aliphatic carbocycles. The summed E-state index contributed by atoms with van der Waals surface area (Å²) in [7, 11) is 0. The minimum atomic E-state index is -0.763. The van der Waals surface area contributed by atoms with Gasteiger partial charge in [-0.3, -0.25) is 9.48 Å². The lowest BCUT2D eigenvalue weighted by molar-refractivity contribution is -0.140. The number of nitrogens with zero attached hydrogens (tertiary/aromatic N) is 5. The molecule has 0 radical (unpaired) electrons. The van der Waals surface area contributed by atoms with Gasteiger partial charge in [0.1, 0.15) is 5.75 Å². The second-order valence-corrected chi connectivity index (χ2v) is 12.1. The second-order valence-electron chi connectivity index (χ2n) is 12.1. The SMILES string of the molecule is CCCCCc1c(Cc2ccc(-c3ccccc3-c3nn[nH]n3)cc2)c(=O)n2n1C(C)CCC2C(=O)Oc1ccc(C(=O)OCC)cc1. The molecule has 3 heterocycles. The van der Waals surface area contributed by atoms with Crippen LogP contribution in [-0.4, -0.2) is 48.5 Å². The molecule has 3 aromatic carbocycles. The van der Waals surface area contributed by atoms with Crippen molar-refractivity contribution >= 4 is 11.9 Å². The largest absolute Gasteiger partial charge is 0.462 e. The summed E-state index contributed by atoms with van der Waals surface area (Å²) < 4.78 is 14.5. The van der Waals surface area contributed by atoms with Crippen molar-refractivity contribution < 1.29 is 19.1 Å². The molecule has 11 heteroatoms. The number of nitrogens with one attached hydrogen (secondary N) is 1. The first-order valence-corrected chi connectivity index (χ1v) is 16.6. The zero-order chi connectivity index (χ0) is 33.6. The number of hydrogen-bond donors (Lipinski definition) is 1. The van der Waals surface area contributed by atoms with E-state index in [0.717, 1.165) is 65.6 Å². The number of benzene rings is 3. The Bertz CT molecular complexity index is 1930. The van der Waals surface area contributed by atoms with Crippen LogP contribution in [0, 0.1) is 0 Å². The van der Waals surface area contributed by atoms with Gasteiger partial charge in [-0.1, -0.05) is 68.3 Å². The van der Waals surface area contributed by atoms with Gasteiger partial charge in [-0.2, -0.15) is 5.21 Å². The first kappa shape index (κ1) is 32.6. The van der Waals surface area contributed by atoms with Crippen molar-refractivity contribution in [3.63, 3.8) is 0 Å². The maximum absolute atomic E-state index is 14.3. The molecule has 1 aliphatic rings. The molecule has 5 aromatic rings. The smallest absolute Gasteiger partial charge is 0.338 e. The van der Waals surface area contributed by atoms with E-state index in [1.54, 1.807) is 35.9 Å². The number of H-pyrrole nitrogens is 1. The lowest BCUT2D eigenvalue weighted by Gasteiger charge is -2.31. The first-order chi connectivity index (χ1) is 23.4. The Balaban J connectivity index is 1.29. The summed E-state index contributed by atoms with van der Waals surface area (Å²) in [4.78, 5) is 40.0. The van der Waals surface area contributed by atoms with Crippen molar-refractivity contribution in [2.75, 3.05) is 6.61 Å². The molecular formula is C37H40N6O5. The molecule has 0 fully saturated rings. The Hall–Kier alpha value is -5.32. The molecule has 248 valence electrons.